The van der Waals surface area contributed by atoms with Gasteiger partial charge < -0.3 is 4.74 Å². The molecule has 0 N–H and O–H groups in total. The van der Waals surface area contributed by atoms with E-state index in [1.54, 1.807) is 13.0 Å². The Morgan fingerprint density at radius 3 is 3.00 bits per heavy atom. The van der Waals surface area contributed by atoms with Crippen molar-refractivity contribution in [3.8, 4) is 0 Å². The molecule has 0 aliphatic heterocycles. The predicted octanol–water partition coefficient (Wildman–Crippen LogP) is 3.03. The lowest BCUT2D eigenvalue weighted by molar-refractivity contribution is -0.146. The zero-order chi connectivity index (χ0) is 12.8. The minimum atomic E-state index is -0.559. The molecular weight excluding hydrogens is 253 g/mol. The molecule has 0 unspecified atom stereocenters. The third kappa shape index (κ3) is 1.70. The van der Waals surface area contributed by atoms with Crippen LogP contribution in [0.5, 0.6) is 0 Å². The number of carbonyl (C=O) groups is 1. The van der Waals surface area contributed by atoms with Gasteiger partial charge in [0.25, 0.3) is 0 Å². The van der Waals surface area contributed by atoms with Gasteiger partial charge in [-0.15, -0.1) is 11.3 Å². The number of halogens is 1. The summed E-state index contributed by atoms with van der Waals surface area (Å²) in [5.74, 6) is -0.483. The SMILES string of the molecule is CCOC(=O)C1(c2nc3ccc(F)cc3s2)CC1. The Bertz CT molecular complexity index is 618. The fourth-order valence-electron chi connectivity index (χ4n) is 2.00. The number of aromatic nitrogens is 1. The first-order valence-corrected chi connectivity index (χ1v) is 6.71. The third-order valence-electron chi connectivity index (χ3n) is 3.18. The average molecular weight is 265 g/mol. The largest absolute Gasteiger partial charge is 0.465 e. The van der Waals surface area contributed by atoms with Crippen LogP contribution in [0.25, 0.3) is 10.2 Å². The summed E-state index contributed by atoms with van der Waals surface area (Å²) in [5.41, 5.74) is 0.183. The number of esters is 1. The number of ether oxygens (including phenoxy) is 1. The van der Waals surface area contributed by atoms with Crippen LogP contribution in [0.2, 0.25) is 0 Å². The van der Waals surface area contributed by atoms with Crippen molar-refractivity contribution in [3.05, 3.63) is 29.0 Å². The van der Waals surface area contributed by atoms with E-state index in [2.05, 4.69) is 4.98 Å². The molecule has 5 heteroatoms. The van der Waals surface area contributed by atoms with E-state index in [0.29, 0.717) is 6.61 Å². The highest BCUT2D eigenvalue weighted by Crippen LogP contribution is 2.51. The maximum atomic E-state index is 13.1. The van der Waals surface area contributed by atoms with Crippen molar-refractivity contribution in [3.63, 3.8) is 0 Å². The number of thiazole rings is 1. The summed E-state index contributed by atoms with van der Waals surface area (Å²) in [7, 11) is 0. The Morgan fingerprint density at radius 1 is 1.56 bits per heavy atom. The summed E-state index contributed by atoms with van der Waals surface area (Å²) >= 11 is 1.38. The van der Waals surface area contributed by atoms with E-state index >= 15 is 0 Å². The molecule has 1 aromatic heterocycles. The van der Waals surface area contributed by atoms with E-state index in [1.165, 1.54) is 23.5 Å². The number of nitrogens with zero attached hydrogens (tertiary/aromatic N) is 1. The lowest BCUT2D eigenvalue weighted by atomic mass is 10.1. The molecule has 1 saturated carbocycles. The minimum absolute atomic E-state index is 0.204. The van der Waals surface area contributed by atoms with Gasteiger partial charge in [0.1, 0.15) is 16.2 Å². The van der Waals surface area contributed by atoms with E-state index in [-0.39, 0.29) is 11.8 Å². The highest BCUT2D eigenvalue weighted by molar-refractivity contribution is 7.18. The first kappa shape index (κ1) is 11.6. The smallest absolute Gasteiger partial charge is 0.319 e. The molecule has 0 radical (unpaired) electrons. The van der Waals surface area contributed by atoms with Crippen LogP contribution in [-0.2, 0) is 14.9 Å². The summed E-state index contributed by atoms with van der Waals surface area (Å²) in [6, 6.07) is 4.49. The summed E-state index contributed by atoms with van der Waals surface area (Å²) in [5, 5.41) is 0.751. The number of benzene rings is 1. The summed E-state index contributed by atoms with van der Waals surface area (Å²) < 4.78 is 19.0. The van der Waals surface area contributed by atoms with Crippen LogP contribution in [0, 0.1) is 5.82 Å². The van der Waals surface area contributed by atoms with Crippen LogP contribution in [0.3, 0.4) is 0 Å². The summed E-state index contributed by atoms with van der Waals surface area (Å²) in [6.45, 7) is 2.17. The van der Waals surface area contributed by atoms with Crippen LogP contribution in [0.1, 0.15) is 24.8 Å². The van der Waals surface area contributed by atoms with Crippen molar-refractivity contribution in [2.45, 2.75) is 25.2 Å². The van der Waals surface area contributed by atoms with Gasteiger partial charge in [0.2, 0.25) is 0 Å². The van der Waals surface area contributed by atoms with Crippen LogP contribution < -0.4 is 0 Å². The van der Waals surface area contributed by atoms with Crippen molar-refractivity contribution in [2.75, 3.05) is 6.61 Å². The fourth-order valence-corrected chi connectivity index (χ4v) is 3.23. The number of hydrogen-bond donors (Lipinski definition) is 0. The van der Waals surface area contributed by atoms with E-state index in [4.69, 9.17) is 4.74 Å². The first-order chi connectivity index (χ1) is 8.65. The molecule has 0 spiro atoms. The van der Waals surface area contributed by atoms with Crippen LogP contribution in [0.15, 0.2) is 18.2 Å². The van der Waals surface area contributed by atoms with Crippen molar-refractivity contribution in [2.24, 2.45) is 0 Å². The van der Waals surface area contributed by atoms with Crippen molar-refractivity contribution in [1.29, 1.82) is 0 Å². The van der Waals surface area contributed by atoms with E-state index in [9.17, 15) is 9.18 Å². The molecule has 2 aromatic rings. The summed E-state index contributed by atoms with van der Waals surface area (Å²) in [6.07, 6.45) is 1.54. The van der Waals surface area contributed by atoms with Crippen LogP contribution in [0.4, 0.5) is 4.39 Å². The predicted molar refractivity (Wildman–Crippen MR) is 67.1 cm³/mol. The molecule has 0 saturated heterocycles. The maximum absolute atomic E-state index is 13.1. The molecule has 0 bridgehead atoms. The van der Waals surface area contributed by atoms with E-state index < -0.39 is 5.41 Å². The van der Waals surface area contributed by atoms with Crippen LogP contribution >= 0.6 is 11.3 Å². The van der Waals surface area contributed by atoms with Crippen molar-refractivity contribution >= 4 is 27.5 Å². The monoisotopic (exact) mass is 265 g/mol. The molecule has 94 valence electrons. The third-order valence-corrected chi connectivity index (χ3v) is 4.40. The minimum Gasteiger partial charge on any atom is -0.465 e. The lowest BCUT2D eigenvalue weighted by Gasteiger charge is -2.09. The fraction of sp³-hybridized carbons (Fsp3) is 0.385. The molecule has 1 aliphatic carbocycles. The molecule has 1 aliphatic rings. The van der Waals surface area contributed by atoms with Crippen LogP contribution in [-0.4, -0.2) is 17.6 Å². The highest BCUT2D eigenvalue weighted by atomic mass is 32.1. The zero-order valence-corrected chi connectivity index (χ0v) is 10.7. The van der Waals surface area contributed by atoms with Gasteiger partial charge in [-0.1, -0.05) is 0 Å². The standard InChI is InChI=1S/C13H12FNO2S/c1-2-17-12(16)13(5-6-13)11-15-9-4-3-8(14)7-10(9)18-11/h3-4,7H,2,5-6H2,1H3. The average Bonchev–Trinajstić information content (AvgIpc) is 3.05. The van der Waals surface area contributed by atoms with E-state index in [0.717, 1.165) is 28.1 Å². The molecule has 3 rings (SSSR count). The topological polar surface area (TPSA) is 39.2 Å². The number of fused-ring (bicyclic) bond motifs is 1. The van der Waals surface area contributed by atoms with Gasteiger partial charge in [0.05, 0.1) is 16.8 Å². The van der Waals surface area contributed by atoms with Gasteiger partial charge in [0.15, 0.2) is 0 Å². The second-order valence-electron chi connectivity index (χ2n) is 4.43. The molecule has 0 atom stereocenters. The molecule has 3 nitrogen and oxygen atoms in total. The Morgan fingerprint density at radius 2 is 2.33 bits per heavy atom. The second kappa shape index (κ2) is 4.02. The number of rotatable bonds is 3. The molecule has 1 fully saturated rings. The highest BCUT2D eigenvalue weighted by Gasteiger charge is 2.55. The lowest BCUT2D eigenvalue weighted by Crippen LogP contribution is -2.22. The van der Waals surface area contributed by atoms with Gasteiger partial charge >= 0.3 is 5.97 Å². The van der Waals surface area contributed by atoms with E-state index in [1.807, 2.05) is 0 Å². The quantitative estimate of drug-likeness (QED) is 0.801. The molecule has 18 heavy (non-hydrogen) atoms. The first-order valence-electron chi connectivity index (χ1n) is 5.89. The molecule has 1 aromatic carbocycles. The van der Waals surface area contributed by atoms with Gasteiger partial charge in [-0.2, -0.15) is 0 Å². The molecule has 1 heterocycles. The van der Waals surface area contributed by atoms with Gasteiger partial charge in [-0.05, 0) is 38.0 Å². The summed E-state index contributed by atoms with van der Waals surface area (Å²) in [4.78, 5) is 16.4. The number of hydrogen-bond acceptors (Lipinski definition) is 4. The van der Waals surface area contributed by atoms with Crippen molar-refractivity contribution in [1.82, 2.24) is 4.98 Å². The maximum Gasteiger partial charge on any atom is 0.319 e. The normalized spacial score (nSPS) is 16.8. The molecule has 0 amide bonds. The van der Waals surface area contributed by atoms with Gasteiger partial charge in [-0.3, -0.25) is 4.79 Å². The Kier molecular flexibility index (Phi) is 2.59. The number of carbonyl (C=O) groups excluding carboxylic acids is 1. The van der Waals surface area contributed by atoms with Gasteiger partial charge in [0, 0.05) is 0 Å². The van der Waals surface area contributed by atoms with Crippen molar-refractivity contribution < 1.29 is 13.9 Å². The zero-order valence-electron chi connectivity index (χ0n) is 9.90. The Balaban J connectivity index is 2.02. The Labute approximate surface area is 108 Å². The second-order valence-corrected chi connectivity index (χ2v) is 5.46. The molecular formula is C13H12FNO2S. The van der Waals surface area contributed by atoms with Gasteiger partial charge in [-0.25, -0.2) is 9.37 Å². The Hall–Kier alpha value is -1.49.